The molecule has 0 N–H and O–H groups in total. The van der Waals surface area contributed by atoms with Crippen molar-refractivity contribution in [1.29, 1.82) is 0 Å². The van der Waals surface area contributed by atoms with E-state index in [0.717, 1.165) is 44.0 Å². The van der Waals surface area contributed by atoms with Crippen molar-refractivity contribution in [2.75, 3.05) is 44.7 Å². The summed E-state index contributed by atoms with van der Waals surface area (Å²) in [7, 11) is 1.71. The van der Waals surface area contributed by atoms with Gasteiger partial charge in [-0.05, 0) is 38.3 Å². The summed E-state index contributed by atoms with van der Waals surface area (Å²) in [5.74, 6) is 0.755. The molecule has 2 amide bonds. The Morgan fingerprint density at radius 3 is 2.24 bits per heavy atom. The second-order valence-electron chi connectivity index (χ2n) is 8.32. The molecule has 2 aliphatic heterocycles. The first-order valence-electron chi connectivity index (χ1n) is 10.7. The van der Waals surface area contributed by atoms with Gasteiger partial charge in [-0.15, -0.1) is 0 Å². The molecule has 29 heavy (non-hydrogen) atoms. The third kappa shape index (κ3) is 3.90. The lowest BCUT2D eigenvalue weighted by Crippen LogP contribution is -2.50. The number of para-hydroxylation sites is 2. The molecule has 4 rings (SSSR count). The lowest BCUT2D eigenvalue weighted by molar-refractivity contribution is -0.140. The van der Waals surface area contributed by atoms with Crippen LogP contribution >= 0.6 is 0 Å². The molecule has 0 bridgehead atoms. The molecule has 3 aliphatic rings. The van der Waals surface area contributed by atoms with E-state index in [1.165, 1.54) is 4.90 Å². The molecule has 6 nitrogen and oxygen atoms in total. The number of rotatable bonds is 6. The van der Waals surface area contributed by atoms with E-state index in [1.807, 2.05) is 30.4 Å². The van der Waals surface area contributed by atoms with Gasteiger partial charge in [-0.2, -0.15) is 0 Å². The van der Waals surface area contributed by atoms with Crippen LogP contribution in [-0.4, -0.2) is 67.5 Å². The fourth-order valence-corrected chi connectivity index (χ4v) is 4.88. The van der Waals surface area contributed by atoms with Crippen LogP contribution in [0.4, 0.5) is 5.69 Å². The molecule has 2 saturated heterocycles. The largest absolute Gasteiger partial charge is 0.495 e. The summed E-state index contributed by atoms with van der Waals surface area (Å²) in [4.78, 5) is 31.6. The van der Waals surface area contributed by atoms with Crippen LogP contribution in [0, 0.1) is 11.8 Å². The summed E-state index contributed by atoms with van der Waals surface area (Å²) in [6, 6.07) is 8.49. The van der Waals surface area contributed by atoms with Crippen molar-refractivity contribution in [3.05, 3.63) is 36.4 Å². The number of anilines is 1. The maximum absolute atomic E-state index is 12.6. The van der Waals surface area contributed by atoms with Crippen molar-refractivity contribution >= 4 is 17.5 Å². The van der Waals surface area contributed by atoms with Gasteiger partial charge in [-0.25, -0.2) is 0 Å². The van der Waals surface area contributed by atoms with Gasteiger partial charge in [0.15, 0.2) is 0 Å². The number of methoxy groups -OCH3 is 1. The average molecular weight is 398 g/mol. The number of ether oxygens (including phenoxy) is 1. The van der Waals surface area contributed by atoms with Crippen molar-refractivity contribution in [3.63, 3.8) is 0 Å². The Labute approximate surface area is 173 Å². The Bertz CT molecular complexity index is 759. The van der Waals surface area contributed by atoms with Gasteiger partial charge in [0.05, 0.1) is 24.6 Å². The highest BCUT2D eigenvalue weighted by Gasteiger charge is 2.46. The number of amides is 2. The quantitative estimate of drug-likeness (QED) is 0.545. The van der Waals surface area contributed by atoms with Gasteiger partial charge in [-0.3, -0.25) is 19.4 Å². The fraction of sp³-hybridized carbons (Fsp3) is 0.565. The number of nitrogens with zero attached hydrogens (tertiary/aromatic N) is 3. The van der Waals surface area contributed by atoms with Crippen LogP contribution < -0.4 is 9.64 Å². The van der Waals surface area contributed by atoms with Gasteiger partial charge in [-0.1, -0.05) is 24.3 Å². The molecular formula is C23H31N3O3. The van der Waals surface area contributed by atoms with E-state index >= 15 is 0 Å². The summed E-state index contributed by atoms with van der Waals surface area (Å²) >= 11 is 0. The minimum atomic E-state index is -0.118. The van der Waals surface area contributed by atoms with E-state index in [0.29, 0.717) is 25.4 Å². The molecule has 3 unspecified atom stereocenters. The topological polar surface area (TPSA) is 53.1 Å². The Kier molecular flexibility index (Phi) is 5.90. The standard InChI is InChI=1S/C23H31N3O3/c1-17(11-12-26-22(27)18-7-3-4-8-19(18)23(26)28)24-13-15-25(16-14-24)20-9-5-6-10-21(20)29-2/h3-6,9-10,17-19H,7-8,11-16H2,1-2H3. The van der Waals surface area contributed by atoms with E-state index < -0.39 is 0 Å². The molecule has 0 radical (unpaired) electrons. The van der Waals surface area contributed by atoms with E-state index in [2.05, 4.69) is 22.8 Å². The molecule has 0 aromatic heterocycles. The predicted molar refractivity (Wildman–Crippen MR) is 113 cm³/mol. The van der Waals surface area contributed by atoms with Crippen LogP contribution in [0.2, 0.25) is 0 Å². The van der Waals surface area contributed by atoms with Gasteiger partial charge in [0.1, 0.15) is 5.75 Å². The fourth-order valence-electron chi connectivity index (χ4n) is 4.88. The number of fused-ring (bicyclic) bond motifs is 1. The molecule has 3 atom stereocenters. The summed E-state index contributed by atoms with van der Waals surface area (Å²) in [6.45, 7) is 6.58. The number of hydrogen-bond acceptors (Lipinski definition) is 5. The van der Waals surface area contributed by atoms with Crippen LogP contribution in [0.25, 0.3) is 0 Å². The van der Waals surface area contributed by atoms with Crippen LogP contribution in [-0.2, 0) is 9.59 Å². The first-order valence-corrected chi connectivity index (χ1v) is 10.7. The van der Waals surface area contributed by atoms with Crippen LogP contribution in [0.1, 0.15) is 26.2 Å². The first-order chi connectivity index (χ1) is 14.1. The highest BCUT2D eigenvalue weighted by Crippen LogP contribution is 2.35. The summed E-state index contributed by atoms with van der Waals surface area (Å²) in [6.07, 6.45) is 6.34. The summed E-state index contributed by atoms with van der Waals surface area (Å²) < 4.78 is 5.50. The number of hydrogen-bond donors (Lipinski definition) is 0. The molecule has 156 valence electrons. The molecule has 1 aromatic rings. The molecule has 2 heterocycles. The van der Waals surface area contributed by atoms with Gasteiger partial charge >= 0.3 is 0 Å². The zero-order valence-electron chi connectivity index (χ0n) is 17.4. The number of piperazine rings is 1. The van der Waals surface area contributed by atoms with E-state index in [1.54, 1.807) is 7.11 Å². The lowest BCUT2D eigenvalue weighted by atomic mass is 9.85. The first kappa shape index (κ1) is 20.0. The molecular weight excluding hydrogens is 366 g/mol. The number of benzene rings is 1. The minimum absolute atomic E-state index is 0.0394. The maximum Gasteiger partial charge on any atom is 0.233 e. The third-order valence-electron chi connectivity index (χ3n) is 6.73. The Balaban J connectivity index is 1.29. The Morgan fingerprint density at radius 2 is 1.62 bits per heavy atom. The maximum atomic E-state index is 12.6. The number of allylic oxidation sites excluding steroid dienone is 2. The van der Waals surface area contributed by atoms with Crippen LogP contribution in [0.15, 0.2) is 36.4 Å². The highest BCUT2D eigenvalue weighted by atomic mass is 16.5. The van der Waals surface area contributed by atoms with Crippen molar-refractivity contribution in [1.82, 2.24) is 9.80 Å². The minimum Gasteiger partial charge on any atom is -0.495 e. The Morgan fingerprint density at radius 1 is 1.00 bits per heavy atom. The normalized spacial score (nSPS) is 26.0. The predicted octanol–water partition coefficient (Wildman–Crippen LogP) is 2.55. The molecule has 1 aliphatic carbocycles. The number of likely N-dealkylation sites (tertiary alicyclic amines) is 1. The SMILES string of the molecule is COc1ccccc1N1CCN(C(C)CCN2C(=O)C3CC=CCC3C2=O)CC1. The molecule has 0 spiro atoms. The van der Waals surface area contributed by atoms with Crippen molar-refractivity contribution < 1.29 is 14.3 Å². The average Bonchev–Trinajstić information content (AvgIpc) is 3.02. The second kappa shape index (κ2) is 8.57. The monoisotopic (exact) mass is 397 g/mol. The van der Waals surface area contributed by atoms with Crippen molar-refractivity contribution in [2.45, 2.75) is 32.2 Å². The zero-order valence-corrected chi connectivity index (χ0v) is 17.4. The molecule has 2 fully saturated rings. The van der Waals surface area contributed by atoms with Gasteiger partial charge in [0.25, 0.3) is 0 Å². The summed E-state index contributed by atoms with van der Waals surface area (Å²) in [5, 5.41) is 0. The van der Waals surface area contributed by atoms with Crippen molar-refractivity contribution in [3.8, 4) is 5.75 Å². The highest BCUT2D eigenvalue weighted by molar-refractivity contribution is 6.05. The number of carbonyl (C=O) groups excluding carboxylic acids is 2. The Hall–Kier alpha value is -2.34. The van der Waals surface area contributed by atoms with Crippen molar-refractivity contribution in [2.24, 2.45) is 11.8 Å². The third-order valence-corrected chi connectivity index (χ3v) is 6.73. The van der Waals surface area contributed by atoms with Gasteiger partial charge in [0.2, 0.25) is 11.8 Å². The zero-order chi connectivity index (χ0) is 20.4. The van der Waals surface area contributed by atoms with Crippen LogP contribution in [0.5, 0.6) is 5.75 Å². The van der Waals surface area contributed by atoms with E-state index in [9.17, 15) is 9.59 Å². The summed E-state index contributed by atoms with van der Waals surface area (Å²) in [5.41, 5.74) is 1.15. The number of carbonyl (C=O) groups is 2. The van der Waals surface area contributed by atoms with E-state index in [-0.39, 0.29) is 23.7 Å². The lowest BCUT2D eigenvalue weighted by Gasteiger charge is -2.39. The number of imide groups is 1. The van der Waals surface area contributed by atoms with E-state index in [4.69, 9.17) is 4.74 Å². The smallest absolute Gasteiger partial charge is 0.233 e. The second-order valence-corrected chi connectivity index (χ2v) is 8.32. The van der Waals surface area contributed by atoms with Gasteiger partial charge in [0, 0.05) is 38.8 Å². The molecule has 0 saturated carbocycles. The molecule has 1 aromatic carbocycles. The molecule has 6 heteroatoms. The van der Waals surface area contributed by atoms with Gasteiger partial charge < -0.3 is 9.64 Å². The van der Waals surface area contributed by atoms with Crippen LogP contribution in [0.3, 0.4) is 0 Å².